The van der Waals surface area contributed by atoms with Crippen LogP contribution in [-0.4, -0.2) is 48.1 Å². The van der Waals surface area contributed by atoms with Crippen LogP contribution in [0.3, 0.4) is 0 Å². The van der Waals surface area contributed by atoms with Gasteiger partial charge in [-0.1, -0.05) is 0 Å². The summed E-state index contributed by atoms with van der Waals surface area (Å²) in [6.45, 7) is 4.36. The molecular formula is C14H21N5S. The first-order valence-electron chi connectivity index (χ1n) is 6.99. The van der Waals surface area contributed by atoms with Crippen LogP contribution in [0.15, 0.2) is 6.07 Å². The van der Waals surface area contributed by atoms with E-state index in [9.17, 15) is 0 Å². The maximum atomic E-state index is 5.88. The Labute approximate surface area is 123 Å². The number of rotatable bonds is 2. The number of hydrogen-bond donors (Lipinski definition) is 1. The van der Waals surface area contributed by atoms with Crippen molar-refractivity contribution in [3.05, 3.63) is 10.9 Å². The van der Waals surface area contributed by atoms with Gasteiger partial charge >= 0.3 is 0 Å². The van der Waals surface area contributed by atoms with Gasteiger partial charge in [0.2, 0.25) is 5.95 Å². The SMILES string of the molecule is Cc1cc2c(N(C)C3CCCN(C)C3)nc(N)nc2s1. The number of nitrogens with zero attached hydrogens (tertiary/aromatic N) is 4. The Morgan fingerprint density at radius 1 is 1.45 bits per heavy atom. The fourth-order valence-electron chi connectivity index (χ4n) is 2.94. The molecule has 3 heterocycles. The van der Waals surface area contributed by atoms with Gasteiger partial charge in [-0.15, -0.1) is 11.3 Å². The average molecular weight is 291 g/mol. The molecule has 1 aliphatic heterocycles. The van der Waals surface area contributed by atoms with Crippen molar-refractivity contribution < 1.29 is 0 Å². The molecule has 0 aliphatic carbocycles. The number of likely N-dealkylation sites (N-methyl/N-ethyl adjacent to an activating group) is 2. The van der Waals surface area contributed by atoms with Crippen LogP contribution in [0, 0.1) is 6.92 Å². The number of fused-ring (bicyclic) bond motifs is 1. The first kappa shape index (κ1) is 13.6. The molecule has 1 atom stereocenters. The van der Waals surface area contributed by atoms with E-state index in [0.717, 1.165) is 22.6 Å². The van der Waals surface area contributed by atoms with E-state index in [-0.39, 0.29) is 0 Å². The van der Waals surface area contributed by atoms with Crippen LogP contribution in [0.1, 0.15) is 17.7 Å². The van der Waals surface area contributed by atoms with E-state index in [1.54, 1.807) is 11.3 Å². The lowest BCUT2D eigenvalue weighted by molar-refractivity contribution is 0.247. The van der Waals surface area contributed by atoms with Crippen molar-refractivity contribution in [3.63, 3.8) is 0 Å². The summed E-state index contributed by atoms with van der Waals surface area (Å²) >= 11 is 1.68. The molecule has 1 aliphatic rings. The van der Waals surface area contributed by atoms with Crippen LogP contribution in [0.4, 0.5) is 11.8 Å². The molecule has 1 fully saturated rings. The Morgan fingerprint density at radius 2 is 2.25 bits per heavy atom. The lowest BCUT2D eigenvalue weighted by Crippen LogP contribution is -2.45. The van der Waals surface area contributed by atoms with Crippen LogP contribution < -0.4 is 10.6 Å². The number of aromatic nitrogens is 2. The van der Waals surface area contributed by atoms with Crippen LogP contribution in [0.2, 0.25) is 0 Å². The fourth-order valence-corrected chi connectivity index (χ4v) is 3.82. The highest BCUT2D eigenvalue weighted by Crippen LogP contribution is 2.32. The summed E-state index contributed by atoms with van der Waals surface area (Å²) in [4.78, 5) is 15.7. The summed E-state index contributed by atoms with van der Waals surface area (Å²) in [5.41, 5.74) is 5.88. The van der Waals surface area contributed by atoms with Gasteiger partial charge in [0.15, 0.2) is 0 Å². The van der Waals surface area contributed by atoms with Gasteiger partial charge in [0.1, 0.15) is 10.6 Å². The second-order valence-electron chi connectivity index (χ2n) is 5.65. The van der Waals surface area contributed by atoms with Gasteiger partial charge in [-0.05, 0) is 39.4 Å². The number of nitrogen functional groups attached to an aromatic ring is 1. The van der Waals surface area contributed by atoms with Crippen LogP contribution >= 0.6 is 11.3 Å². The van der Waals surface area contributed by atoms with Gasteiger partial charge in [0.25, 0.3) is 0 Å². The molecule has 1 saturated heterocycles. The van der Waals surface area contributed by atoms with E-state index in [1.807, 2.05) is 0 Å². The van der Waals surface area contributed by atoms with Crippen LogP contribution in [-0.2, 0) is 0 Å². The lowest BCUT2D eigenvalue weighted by atomic mass is 10.0. The molecule has 0 bridgehead atoms. The number of nitrogens with two attached hydrogens (primary N) is 1. The maximum Gasteiger partial charge on any atom is 0.223 e. The number of likely N-dealkylation sites (tertiary alicyclic amines) is 1. The Hall–Kier alpha value is -1.40. The van der Waals surface area contributed by atoms with E-state index in [2.05, 4.69) is 46.9 Å². The molecule has 2 aromatic heterocycles. The van der Waals surface area contributed by atoms with Crippen molar-refractivity contribution in [2.45, 2.75) is 25.8 Å². The number of hydrogen-bond acceptors (Lipinski definition) is 6. The zero-order valence-corrected chi connectivity index (χ0v) is 13.1. The number of aryl methyl sites for hydroxylation is 1. The molecule has 5 nitrogen and oxygen atoms in total. The first-order valence-corrected chi connectivity index (χ1v) is 7.81. The number of anilines is 2. The van der Waals surface area contributed by atoms with Crippen molar-refractivity contribution in [1.82, 2.24) is 14.9 Å². The zero-order valence-electron chi connectivity index (χ0n) is 12.3. The second kappa shape index (κ2) is 5.18. The summed E-state index contributed by atoms with van der Waals surface area (Å²) < 4.78 is 0. The summed E-state index contributed by atoms with van der Waals surface area (Å²) in [5, 5.41) is 1.12. The van der Waals surface area contributed by atoms with E-state index in [1.165, 1.54) is 24.3 Å². The summed E-state index contributed by atoms with van der Waals surface area (Å²) in [6, 6.07) is 2.66. The van der Waals surface area contributed by atoms with E-state index in [0.29, 0.717) is 12.0 Å². The average Bonchev–Trinajstić information content (AvgIpc) is 2.77. The van der Waals surface area contributed by atoms with Crippen molar-refractivity contribution in [2.24, 2.45) is 0 Å². The Kier molecular flexibility index (Phi) is 3.52. The number of thiophene rings is 1. The van der Waals surface area contributed by atoms with Gasteiger partial charge in [-0.3, -0.25) is 0 Å². The van der Waals surface area contributed by atoms with Crippen LogP contribution in [0.25, 0.3) is 10.2 Å². The maximum absolute atomic E-state index is 5.88. The molecule has 0 radical (unpaired) electrons. The van der Waals surface area contributed by atoms with Gasteiger partial charge in [-0.2, -0.15) is 4.98 Å². The molecule has 20 heavy (non-hydrogen) atoms. The smallest absolute Gasteiger partial charge is 0.223 e. The molecule has 0 spiro atoms. The van der Waals surface area contributed by atoms with Crippen molar-refractivity contribution >= 4 is 33.3 Å². The second-order valence-corrected chi connectivity index (χ2v) is 6.89. The third-order valence-corrected chi connectivity index (χ3v) is 4.94. The monoisotopic (exact) mass is 291 g/mol. The Balaban J connectivity index is 1.99. The third-order valence-electron chi connectivity index (χ3n) is 3.99. The molecule has 2 N–H and O–H groups in total. The molecule has 0 saturated carbocycles. The molecule has 3 rings (SSSR count). The topological polar surface area (TPSA) is 58.3 Å². The van der Waals surface area contributed by atoms with Gasteiger partial charge < -0.3 is 15.5 Å². The highest BCUT2D eigenvalue weighted by molar-refractivity contribution is 7.18. The standard InChI is InChI=1S/C14H21N5S/c1-9-7-11-12(16-14(15)17-13(11)20-9)19(3)10-5-4-6-18(2)8-10/h7,10H,4-6,8H2,1-3H3,(H2,15,16,17). The minimum Gasteiger partial charge on any atom is -0.368 e. The largest absolute Gasteiger partial charge is 0.368 e. The van der Waals surface area contributed by atoms with E-state index in [4.69, 9.17) is 5.73 Å². The lowest BCUT2D eigenvalue weighted by Gasteiger charge is -2.36. The predicted octanol–water partition coefficient (Wildman–Crippen LogP) is 2.11. The van der Waals surface area contributed by atoms with Crippen LogP contribution in [0.5, 0.6) is 0 Å². The van der Waals surface area contributed by atoms with Gasteiger partial charge in [0, 0.05) is 24.5 Å². The third kappa shape index (κ3) is 2.45. The van der Waals surface area contributed by atoms with Gasteiger partial charge in [0.05, 0.1) is 5.39 Å². The van der Waals surface area contributed by atoms with Crippen molar-refractivity contribution in [1.29, 1.82) is 0 Å². The predicted molar refractivity (Wildman–Crippen MR) is 85.5 cm³/mol. The highest BCUT2D eigenvalue weighted by atomic mass is 32.1. The molecule has 6 heteroatoms. The van der Waals surface area contributed by atoms with Crippen molar-refractivity contribution in [2.75, 3.05) is 37.8 Å². The summed E-state index contributed by atoms with van der Waals surface area (Å²) in [7, 11) is 4.30. The molecule has 1 unspecified atom stereocenters. The quantitative estimate of drug-likeness (QED) is 0.918. The first-order chi connectivity index (χ1) is 9.54. The minimum atomic E-state index is 0.366. The fraction of sp³-hybridized carbons (Fsp3) is 0.571. The van der Waals surface area contributed by atoms with Gasteiger partial charge in [-0.25, -0.2) is 4.98 Å². The van der Waals surface area contributed by atoms with Crippen molar-refractivity contribution in [3.8, 4) is 0 Å². The Bertz CT molecular complexity index is 623. The molecule has 0 amide bonds. The zero-order chi connectivity index (χ0) is 14.3. The molecular weight excluding hydrogens is 270 g/mol. The van der Waals surface area contributed by atoms with E-state index >= 15 is 0 Å². The summed E-state index contributed by atoms with van der Waals surface area (Å²) in [5.74, 6) is 1.34. The molecule has 0 aromatic carbocycles. The minimum absolute atomic E-state index is 0.366. The summed E-state index contributed by atoms with van der Waals surface area (Å²) in [6.07, 6.45) is 2.44. The molecule has 108 valence electrons. The number of piperidine rings is 1. The normalized spacial score (nSPS) is 20.4. The molecule has 2 aromatic rings. The van der Waals surface area contributed by atoms with E-state index < -0.39 is 0 Å². The highest BCUT2D eigenvalue weighted by Gasteiger charge is 2.24. The Morgan fingerprint density at radius 3 is 3.00 bits per heavy atom.